The second kappa shape index (κ2) is 7.59. The molecule has 0 unspecified atom stereocenters. The zero-order valence-corrected chi connectivity index (χ0v) is 16.0. The first-order valence-electron chi connectivity index (χ1n) is 8.58. The van der Waals surface area contributed by atoms with Gasteiger partial charge in [-0.05, 0) is 19.1 Å². The quantitative estimate of drug-likeness (QED) is 0.371. The first-order chi connectivity index (χ1) is 13.9. The Labute approximate surface area is 167 Å². The Kier molecular flexibility index (Phi) is 4.98. The summed E-state index contributed by atoms with van der Waals surface area (Å²) in [7, 11) is 0. The lowest BCUT2D eigenvalue weighted by Crippen LogP contribution is -2.20. The van der Waals surface area contributed by atoms with Gasteiger partial charge in [0.15, 0.2) is 22.6 Å². The van der Waals surface area contributed by atoms with E-state index in [1.54, 1.807) is 12.1 Å². The summed E-state index contributed by atoms with van der Waals surface area (Å²) < 4.78 is 29.3. The highest BCUT2D eigenvalue weighted by atomic mass is 32.2. The SMILES string of the molecule is Cc1ccc(C(=O)CSc2nnc3c(=O)n(-c4ccc(F)c(F)c4)ccn23)cc1. The van der Waals surface area contributed by atoms with Gasteiger partial charge in [-0.25, -0.2) is 8.78 Å². The molecule has 0 bridgehead atoms. The lowest BCUT2D eigenvalue weighted by atomic mass is 10.1. The van der Waals surface area contributed by atoms with Crippen molar-refractivity contribution < 1.29 is 13.6 Å². The van der Waals surface area contributed by atoms with Gasteiger partial charge in [0.1, 0.15) is 0 Å². The lowest BCUT2D eigenvalue weighted by Gasteiger charge is -2.07. The third-order valence-corrected chi connectivity index (χ3v) is 5.27. The summed E-state index contributed by atoms with van der Waals surface area (Å²) in [5.41, 5.74) is 1.31. The second-order valence-corrected chi connectivity index (χ2v) is 7.27. The number of nitrogens with zero attached hydrogens (tertiary/aromatic N) is 4. The summed E-state index contributed by atoms with van der Waals surface area (Å²) in [6.45, 7) is 1.94. The summed E-state index contributed by atoms with van der Waals surface area (Å²) in [4.78, 5) is 25.0. The molecule has 2 aromatic carbocycles. The minimum absolute atomic E-state index is 0.0162. The Balaban J connectivity index is 1.60. The molecule has 0 fully saturated rings. The van der Waals surface area contributed by atoms with Gasteiger partial charge in [0, 0.05) is 24.0 Å². The van der Waals surface area contributed by atoms with Gasteiger partial charge in [0.05, 0.1) is 11.4 Å². The van der Waals surface area contributed by atoms with Crippen LogP contribution in [0.1, 0.15) is 15.9 Å². The first kappa shape index (κ1) is 19.0. The molecule has 0 saturated heterocycles. The maximum atomic E-state index is 13.5. The van der Waals surface area contributed by atoms with Crippen LogP contribution in [0.15, 0.2) is 64.8 Å². The normalized spacial score (nSPS) is 11.1. The maximum absolute atomic E-state index is 13.5. The molecule has 146 valence electrons. The van der Waals surface area contributed by atoms with E-state index in [4.69, 9.17) is 0 Å². The summed E-state index contributed by atoms with van der Waals surface area (Å²) >= 11 is 1.16. The molecule has 0 saturated carbocycles. The smallest absolute Gasteiger partial charge is 0.293 e. The number of fused-ring (bicyclic) bond motifs is 1. The van der Waals surface area contributed by atoms with Crippen LogP contribution in [0.4, 0.5) is 8.78 Å². The Bertz CT molecular complexity index is 1280. The lowest BCUT2D eigenvalue weighted by molar-refractivity contribution is 0.102. The summed E-state index contributed by atoms with van der Waals surface area (Å²) in [5, 5.41) is 8.25. The summed E-state index contributed by atoms with van der Waals surface area (Å²) in [6.07, 6.45) is 2.95. The monoisotopic (exact) mass is 412 g/mol. The van der Waals surface area contributed by atoms with Crippen LogP contribution in [0.2, 0.25) is 0 Å². The molecule has 4 rings (SSSR count). The number of hydrogen-bond acceptors (Lipinski definition) is 5. The molecule has 0 spiro atoms. The van der Waals surface area contributed by atoms with E-state index >= 15 is 0 Å². The van der Waals surface area contributed by atoms with Crippen molar-refractivity contribution in [2.24, 2.45) is 0 Å². The molecule has 0 N–H and O–H groups in total. The predicted octanol–water partition coefficient (Wildman–Crippen LogP) is 3.44. The molecule has 29 heavy (non-hydrogen) atoms. The summed E-state index contributed by atoms with van der Waals surface area (Å²) in [5.74, 6) is -1.98. The molecular weight excluding hydrogens is 398 g/mol. The number of carbonyl (C=O) groups is 1. The van der Waals surface area contributed by atoms with Crippen LogP contribution in [-0.2, 0) is 0 Å². The number of thioether (sulfide) groups is 1. The number of benzene rings is 2. The van der Waals surface area contributed by atoms with Crippen molar-refractivity contribution in [1.29, 1.82) is 0 Å². The van der Waals surface area contributed by atoms with Crippen molar-refractivity contribution in [1.82, 2.24) is 19.2 Å². The van der Waals surface area contributed by atoms with Gasteiger partial charge in [-0.2, -0.15) is 0 Å². The number of Topliss-reactive ketones (excluding diaryl/α,β-unsaturated/α-hetero) is 1. The fourth-order valence-corrected chi connectivity index (χ4v) is 3.57. The number of rotatable bonds is 5. The van der Waals surface area contributed by atoms with Gasteiger partial charge in [-0.3, -0.25) is 18.6 Å². The number of hydrogen-bond donors (Lipinski definition) is 0. The van der Waals surface area contributed by atoms with Gasteiger partial charge in [0.25, 0.3) is 0 Å². The second-order valence-electron chi connectivity index (χ2n) is 6.33. The van der Waals surface area contributed by atoms with Crippen LogP contribution in [0, 0.1) is 18.6 Å². The van der Waals surface area contributed by atoms with Crippen LogP contribution >= 0.6 is 11.8 Å². The van der Waals surface area contributed by atoms with Crippen molar-refractivity contribution in [3.05, 3.63) is 88.0 Å². The van der Waals surface area contributed by atoms with Gasteiger partial charge < -0.3 is 0 Å². The van der Waals surface area contributed by atoms with Gasteiger partial charge in [0.2, 0.25) is 5.65 Å². The van der Waals surface area contributed by atoms with Gasteiger partial charge >= 0.3 is 5.56 Å². The molecular formula is C20H14F2N4O2S. The molecule has 0 aliphatic rings. The Morgan fingerprint density at radius 2 is 1.79 bits per heavy atom. The Morgan fingerprint density at radius 1 is 1.03 bits per heavy atom. The molecule has 9 heteroatoms. The van der Waals surface area contributed by atoms with E-state index < -0.39 is 17.2 Å². The fourth-order valence-electron chi connectivity index (χ4n) is 2.76. The Hall–Kier alpha value is -3.33. The molecule has 0 atom stereocenters. The van der Waals surface area contributed by atoms with E-state index in [0.717, 1.165) is 34.0 Å². The van der Waals surface area contributed by atoms with Gasteiger partial charge in [-0.15, -0.1) is 10.2 Å². The highest BCUT2D eigenvalue weighted by Gasteiger charge is 2.15. The number of ketones is 1. The average molecular weight is 412 g/mol. The number of carbonyl (C=O) groups excluding carboxylic acids is 1. The topological polar surface area (TPSA) is 69.3 Å². The number of halogens is 2. The van der Waals surface area contributed by atoms with Crippen molar-refractivity contribution in [3.63, 3.8) is 0 Å². The van der Waals surface area contributed by atoms with E-state index in [-0.39, 0.29) is 22.9 Å². The van der Waals surface area contributed by atoms with E-state index in [2.05, 4.69) is 10.2 Å². The minimum atomic E-state index is -1.05. The van der Waals surface area contributed by atoms with Crippen molar-refractivity contribution in [2.75, 3.05) is 5.75 Å². The van der Waals surface area contributed by atoms with E-state index in [9.17, 15) is 18.4 Å². The number of aromatic nitrogens is 4. The fraction of sp³-hybridized carbons (Fsp3) is 0.100. The van der Waals surface area contributed by atoms with Crippen molar-refractivity contribution in [3.8, 4) is 5.69 Å². The van der Waals surface area contributed by atoms with Crippen LogP contribution in [-0.4, -0.2) is 30.7 Å². The van der Waals surface area contributed by atoms with Crippen LogP contribution in [0.5, 0.6) is 0 Å². The largest absolute Gasteiger partial charge is 0.300 e. The third kappa shape index (κ3) is 3.68. The highest BCUT2D eigenvalue weighted by molar-refractivity contribution is 7.99. The molecule has 0 amide bonds. The third-order valence-electron chi connectivity index (χ3n) is 4.33. The van der Waals surface area contributed by atoms with E-state index in [1.165, 1.54) is 22.9 Å². The number of aryl methyl sites for hydroxylation is 1. The van der Waals surface area contributed by atoms with E-state index in [0.29, 0.717) is 10.7 Å². The maximum Gasteiger partial charge on any atom is 0.300 e. The molecule has 0 aliphatic carbocycles. The molecule has 2 heterocycles. The molecule has 0 radical (unpaired) electrons. The van der Waals surface area contributed by atoms with Crippen LogP contribution < -0.4 is 5.56 Å². The van der Waals surface area contributed by atoms with Gasteiger partial charge in [-0.1, -0.05) is 41.6 Å². The average Bonchev–Trinajstić information content (AvgIpc) is 3.13. The molecule has 0 aliphatic heterocycles. The zero-order chi connectivity index (χ0) is 20.5. The molecule has 2 aromatic heterocycles. The van der Waals surface area contributed by atoms with Crippen molar-refractivity contribution in [2.45, 2.75) is 12.1 Å². The van der Waals surface area contributed by atoms with Crippen LogP contribution in [0.25, 0.3) is 11.3 Å². The predicted molar refractivity (Wildman–Crippen MR) is 105 cm³/mol. The molecule has 4 aromatic rings. The Morgan fingerprint density at radius 3 is 2.52 bits per heavy atom. The van der Waals surface area contributed by atoms with Crippen LogP contribution in [0.3, 0.4) is 0 Å². The van der Waals surface area contributed by atoms with Crippen molar-refractivity contribution >= 4 is 23.2 Å². The minimum Gasteiger partial charge on any atom is -0.293 e. The molecule has 6 nitrogen and oxygen atoms in total. The zero-order valence-electron chi connectivity index (χ0n) is 15.2. The highest BCUT2D eigenvalue weighted by Crippen LogP contribution is 2.18. The summed E-state index contributed by atoms with van der Waals surface area (Å²) in [6, 6.07) is 10.4. The van der Waals surface area contributed by atoms with E-state index in [1.807, 2.05) is 19.1 Å². The first-order valence-corrected chi connectivity index (χ1v) is 9.57. The standard InChI is InChI=1S/C20H14F2N4O2S/c1-12-2-4-13(5-3-12)17(27)11-29-20-24-23-18-19(28)25(8-9-26(18)20)14-6-7-15(21)16(22)10-14/h2-10H,11H2,1H3.